The van der Waals surface area contributed by atoms with Crippen molar-refractivity contribution in [1.29, 1.82) is 0 Å². The largest absolute Gasteiger partial charge is 0.368 e. The molecule has 0 aromatic heterocycles. The molecule has 1 aliphatic rings. The molecule has 2 rings (SSSR count). The zero-order valence-electron chi connectivity index (χ0n) is 9.76. The first kappa shape index (κ1) is 9.57. The quantitative estimate of drug-likeness (QED) is 0.606. The second kappa shape index (κ2) is 2.53. The minimum absolute atomic E-state index is 0.191. The SMILES string of the molecule is CN1c2ccccc2C(C)(C)C1(C)C. The lowest BCUT2D eigenvalue weighted by atomic mass is 9.72. The van der Waals surface area contributed by atoms with Gasteiger partial charge in [0.2, 0.25) is 0 Å². The molecule has 76 valence electrons. The molecule has 0 unspecified atom stereocenters. The summed E-state index contributed by atoms with van der Waals surface area (Å²) in [5.74, 6) is 0. The third-order valence-electron chi connectivity index (χ3n) is 4.31. The lowest BCUT2D eigenvalue weighted by Crippen LogP contribution is -2.49. The fourth-order valence-electron chi connectivity index (χ4n) is 2.34. The summed E-state index contributed by atoms with van der Waals surface area (Å²) in [6, 6.07) is 8.72. The Hall–Kier alpha value is -0.980. The van der Waals surface area contributed by atoms with E-state index in [1.807, 2.05) is 0 Å². The molecule has 0 amide bonds. The van der Waals surface area contributed by atoms with Gasteiger partial charge in [-0.2, -0.15) is 0 Å². The Balaban J connectivity index is 2.68. The number of hydrogen-bond donors (Lipinski definition) is 0. The lowest BCUT2D eigenvalue weighted by Gasteiger charge is -2.40. The highest BCUT2D eigenvalue weighted by Crippen LogP contribution is 2.50. The third-order valence-corrected chi connectivity index (χ3v) is 4.31. The van der Waals surface area contributed by atoms with Crippen LogP contribution in [0.1, 0.15) is 33.3 Å². The Labute approximate surface area is 86.7 Å². The highest BCUT2D eigenvalue weighted by molar-refractivity contribution is 5.65. The van der Waals surface area contributed by atoms with E-state index >= 15 is 0 Å². The van der Waals surface area contributed by atoms with E-state index in [1.54, 1.807) is 0 Å². The number of likely N-dealkylation sites (N-methyl/N-ethyl adjacent to an activating group) is 1. The highest BCUT2D eigenvalue weighted by Gasteiger charge is 2.48. The average molecular weight is 189 g/mol. The van der Waals surface area contributed by atoms with E-state index in [1.165, 1.54) is 11.3 Å². The van der Waals surface area contributed by atoms with Gasteiger partial charge < -0.3 is 4.90 Å². The van der Waals surface area contributed by atoms with Crippen molar-refractivity contribution < 1.29 is 0 Å². The number of para-hydroxylation sites is 1. The number of nitrogens with zero attached hydrogens (tertiary/aromatic N) is 1. The maximum absolute atomic E-state index is 2.39. The summed E-state index contributed by atoms with van der Waals surface area (Å²) in [5.41, 5.74) is 3.25. The van der Waals surface area contributed by atoms with Crippen LogP contribution in [0.15, 0.2) is 24.3 Å². The van der Waals surface area contributed by atoms with Gasteiger partial charge in [-0.25, -0.2) is 0 Å². The number of fused-ring (bicyclic) bond motifs is 1. The van der Waals surface area contributed by atoms with Gasteiger partial charge in [0.15, 0.2) is 0 Å². The number of rotatable bonds is 0. The van der Waals surface area contributed by atoms with Crippen LogP contribution in [0.25, 0.3) is 0 Å². The van der Waals surface area contributed by atoms with Gasteiger partial charge in [-0.3, -0.25) is 0 Å². The summed E-state index contributed by atoms with van der Waals surface area (Å²) in [6.07, 6.45) is 0. The molecular weight excluding hydrogens is 170 g/mol. The molecule has 0 fully saturated rings. The van der Waals surface area contributed by atoms with Crippen LogP contribution in [0, 0.1) is 0 Å². The van der Waals surface area contributed by atoms with Crippen molar-refractivity contribution in [2.45, 2.75) is 38.6 Å². The lowest BCUT2D eigenvalue weighted by molar-refractivity contribution is 0.322. The van der Waals surface area contributed by atoms with Crippen LogP contribution in [0.5, 0.6) is 0 Å². The van der Waals surface area contributed by atoms with Gasteiger partial charge in [0, 0.05) is 23.7 Å². The summed E-state index contributed by atoms with van der Waals surface area (Å²) in [5, 5.41) is 0. The minimum atomic E-state index is 0.191. The first-order valence-electron chi connectivity index (χ1n) is 5.22. The monoisotopic (exact) mass is 189 g/mol. The van der Waals surface area contributed by atoms with E-state index in [-0.39, 0.29) is 11.0 Å². The molecule has 0 spiro atoms. The molecule has 1 heterocycles. The van der Waals surface area contributed by atoms with Gasteiger partial charge in [0.1, 0.15) is 0 Å². The Morgan fingerprint density at radius 3 is 2.14 bits per heavy atom. The van der Waals surface area contributed by atoms with Crippen molar-refractivity contribution in [3.63, 3.8) is 0 Å². The maximum atomic E-state index is 2.39. The molecule has 1 aromatic rings. The molecular formula is C13H19N. The summed E-state index contributed by atoms with van der Waals surface area (Å²) < 4.78 is 0. The number of anilines is 1. The normalized spacial score (nSPS) is 22.2. The second-order valence-electron chi connectivity index (χ2n) is 5.26. The fraction of sp³-hybridized carbons (Fsp3) is 0.538. The zero-order chi connectivity index (χ0) is 10.6. The molecule has 0 bridgehead atoms. The molecule has 1 nitrogen and oxygen atoms in total. The van der Waals surface area contributed by atoms with Gasteiger partial charge in [-0.05, 0) is 25.5 Å². The Morgan fingerprint density at radius 1 is 1.00 bits per heavy atom. The average Bonchev–Trinajstić information content (AvgIpc) is 2.27. The van der Waals surface area contributed by atoms with Crippen molar-refractivity contribution >= 4 is 5.69 Å². The molecule has 1 aromatic carbocycles. The van der Waals surface area contributed by atoms with E-state index in [2.05, 4.69) is 63.9 Å². The van der Waals surface area contributed by atoms with Crippen molar-refractivity contribution in [1.82, 2.24) is 0 Å². The molecule has 0 N–H and O–H groups in total. The van der Waals surface area contributed by atoms with E-state index in [0.717, 1.165) is 0 Å². The van der Waals surface area contributed by atoms with E-state index in [9.17, 15) is 0 Å². The van der Waals surface area contributed by atoms with Crippen molar-refractivity contribution in [3.8, 4) is 0 Å². The van der Waals surface area contributed by atoms with Gasteiger partial charge in [0.25, 0.3) is 0 Å². The van der Waals surface area contributed by atoms with Crippen LogP contribution in [-0.2, 0) is 5.41 Å². The van der Waals surface area contributed by atoms with E-state index < -0.39 is 0 Å². The van der Waals surface area contributed by atoms with E-state index in [4.69, 9.17) is 0 Å². The van der Waals surface area contributed by atoms with Gasteiger partial charge >= 0.3 is 0 Å². The van der Waals surface area contributed by atoms with Crippen molar-refractivity contribution in [2.75, 3.05) is 11.9 Å². The zero-order valence-corrected chi connectivity index (χ0v) is 9.76. The summed E-state index contributed by atoms with van der Waals surface area (Å²) >= 11 is 0. The van der Waals surface area contributed by atoms with Crippen LogP contribution in [0.4, 0.5) is 5.69 Å². The Morgan fingerprint density at radius 2 is 1.57 bits per heavy atom. The minimum Gasteiger partial charge on any atom is -0.368 e. The standard InChI is InChI=1S/C13H19N/c1-12(2)10-8-6-7-9-11(10)14(5)13(12,3)4/h6-9H,1-5H3. The topological polar surface area (TPSA) is 3.24 Å². The Kier molecular flexibility index (Phi) is 1.73. The summed E-state index contributed by atoms with van der Waals surface area (Å²) in [6.45, 7) is 9.28. The summed E-state index contributed by atoms with van der Waals surface area (Å²) in [7, 11) is 2.19. The smallest absolute Gasteiger partial charge is 0.0434 e. The van der Waals surface area contributed by atoms with Crippen LogP contribution >= 0.6 is 0 Å². The van der Waals surface area contributed by atoms with Crippen LogP contribution in [0.3, 0.4) is 0 Å². The Bertz CT molecular complexity index is 363. The molecule has 0 saturated carbocycles. The highest BCUT2D eigenvalue weighted by atomic mass is 15.2. The van der Waals surface area contributed by atoms with Crippen molar-refractivity contribution in [3.05, 3.63) is 29.8 Å². The summed E-state index contributed by atoms with van der Waals surface area (Å²) in [4.78, 5) is 2.39. The molecule has 0 aliphatic carbocycles. The molecule has 14 heavy (non-hydrogen) atoms. The molecule has 0 atom stereocenters. The number of hydrogen-bond acceptors (Lipinski definition) is 1. The number of benzene rings is 1. The molecule has 0 radical (unpaired) electrons. The third kappa shape index (κ3) is 0.902. The fourth-order valence-corrected chi connectivity index (χ4v) is 2.34. The van der Waals surface area contributed by atoms with E-state index in [0.29, 0.717) is 0 Å². The van der Waals surface area contributed by atoms with Crippen LogP contribution in [-0.4, -0.2) is 12.6 Å². The van der Waals surface area contributed by atoms with Crippen molar-refractivity contribution in [2.24, 2.45) is 0 Å². The molecule has 0 saturated heterocycles. The maximum Gasteiger partial charge on any atom is 0.0434 e. The van der Waals surface area contributed by atoms with Crippen LogP contribution in [0.2, 0.25) is 0 Å². The van der Waals surface area contributed by atoms with Gasteiger partial charge in [-0.15, -0.1) is 0 Å². The van der Waals surface area contributed by atoms with Crippen LogP contribution < -0.4 is 4.90 Å². The first-order chi connectivity index (χ1) is 6.39. The predicted octanol–water partition coefficient (Wildman–Crippen LogP) is 3.19. The van der Waals surface area contributed by atoms with Gasteiger partial charge in [0.05, 0.1) is 0 Å². The molecule has 1 heteroatoms. The predicted molar refractivity (Wildman–Crippen MR) is 62.0 cm³/mol. The van der Waals surface area contributed by atoms with Gasteiger partial charge in [-0.1, -0.05) is 32.0 Å². The first-order valence-corrected chi connectivity index (χ1v) is 5.22. The molecule has 1 aliphatic heterocycles. The second-order valence-corrected chi connectivity index (χ2v) is 5.26.